The molecule has 0 heterocycles. The summed E-state index contributed by atoms with van der Waals surface area (Å²) in [5, 5.41) is 0. The highest BCUT2D eigenvalue weighted by atomic mass is 16.7. The van der Waals surface area contributed by atoms with E-state index in [1.165, 1.54) is 154 Å². The Labute approximate surface area is 239 Å². The summed E-state index contributed by atoms with van der Waals surface area (Å²) in [4.78, 5) is 11.7. The van der Waals surface area contributed by atoms with Gasteiger partial charge in [-0.3, -0.25) is 0 Å². The van der Waals surface area contributed by atoms with Crippen LogP contribution in [0.15, 0.2) is 12.2 Å². The van der Waals surface area contributed by atoms with Crippen molar-refractivity contribution in [3.05, 3.63) is 12.2 Å². The number of hydrogen-bond acceptors (Lipinski definition) is 3. The van der Waals surface area contributed by atoms with Crippen molar-refractivity contribution in [1.82, 2.24) is 0 Å². The zero-order valence-corrected chi connectivity index (χ0v) is 26.1. The molecule has 0 aliphatic carbocycles. The van der Waals surface area contributed by atoms with E-state index in [9.17, 15) is 4.79 Å². The minimum Gasteiger partial charge on any atom is -0.434 e. The second-order valence-electron chi connectivity index (χ2n) is 11.5. The number of unbranched alkanes of at least 4 members (excludes halogenated alkanes) is 25. The summed E-state index contributed by atoms with van der Waals surface area (Å²) in [5.74, 6) is 0. The molecule has 3 heteroatoms. The van der Waals surface area contributed by atoms with Crippen molar-refractivity contribution in [1.29, 1.82) is 0 Å². The molecule has 0 aliphatic heterocycles. The highest BCUT2D eigenvalue weighted by Crippen LogP contribution is 2.13. The van der Waals surface area contributed by atoms with E-state index in [0.717, 1.165) is 25.7 Å². The number of allylic oxidation sites excluding steroid dienone is 2. The maximum absolute atomic E-state index is 11.7. The molecule has 0 saturated carbocycles. The first-order chi connectivity index (χ1) is 18.8. The molecule has 38 heavy (non-hydrogen) atoms. The van der Waals surface area contributed by atoms with Crippen LogP contribution in [0.5, 0.6) is 0 Å². The molecule has 0 unspecified atom stereocenters. The summed E-state index contributed by atoms with van der Waals surface area (Å²) in [7, 11) is 0. The van der Waals surface area contributed by atoms with Gasteiger partial charge in [0.1, 0.15) is 0 Å². The smallest absolute Gasteiger partial charge is 0.434 e. The van der Waals surface area contributed by atoms with Crippen LogP contribution in [0.2, 0.25) is 0 Å². The summed E-state index contributed by atoms with van der Waals surface area (Å²) in [6.45, 7) is 5.56. The Hall–Kier alpha value is -0.990. The molecule has 0 saturated heterocycles. The van der Waals surface area contributed by atoms with Crippen molar-refractivity contribution >= 4 is 6.16 Å². The van der Waals surface area contributed by atoms with Gasteiger partial charge in [0.05, 0.1) is 13.2 Å². The highest BCUT2D eigenvalue weighted by Gasteiger charge is 2.03. The summed E-state index contributed by atoms with van der Waals surface area (Å²) >= 11 is 0. The molecular weight excluding hydrogens is 468 g/mol. The Morgan fingerprint density at radius 1 is 0.395 bits per heavy atom. The molecule has 0 rings (SSSR count). The van der Waals surface area contributed by atoms with Crippen LogP contribution in [-0.2, 0) is 9.47 Å². The van der Waals surface area contributed by atoms with E-state index in [4.69, 9.17) is 9.47 Å². The fourth-order valence-electron chi connectivity index (χ4n) is 5.00. The molecule has 0 aromatic heterocycles. The van der Waals surface area contributed by atoms with Gasteiger partial charge in [-0.05, 0) is 38.5 Å². The first kappa shape index (κ1) is 37.0. The van der Waals surface area contributed by atoms with Gasteiger partial charge in [0.15, 0.2) is 0 Å². The molecule has 0 atom stereocenters. The van der Waals surface area contributed by atoms with Crippen LogP contribution >= 0.6 is 0 Å². The largest absolute Gasteiger partial charge is 0.508 e. The van der Waals surface area contributed by atoms with E-state index < -0.39 is 6.16 Å². The van der Waals surface area contributed by atoms with Crippen LogP contribution in [-0.4, -0.2) is 19.4 Å². The van der Waals surface area contributed by atoms with E-state index in [0.29, 0.717) is 13.2 Å². The van der Waals surface area contributed by atoms with E-state index >= 15 is 0 Å². The van der Waals surface area contributed by atoms with Crippen molar-refractivity contribution in [3.8, 4) is 0 Å². The Balaban J connectivity index is 3.19. The molecule has 0 aromatic rings. The van der Waals surface area contributed by atoms with Crippen LogP contribution < -0.4 is 0 Å². The molecule has 226 valence electrons. The monoisotopic (exact) mass is 537 g/mol. The molecule has 0 aromatic carbocycles. The van der Waals surface area contributed by atoms with Crippen molar-refractivity contribution in [2.24, 2.45) is 0 Å². The van der Waals surface area contributed by atoms with Gasteiger partial charge in [-0.2, -0.15) is 0 Å². The molecule has 3 nitrogen and oxygen atoms in total. The number of rotatable bonds is 31. The third-order valence-corrected chi connectivity index (χ3v) is 7.59. The van der Waals surface area contributed by atoms with Crippen LogP contribution in [0.25, 0.3) is 0 Å². The zero-order valence-electron chi connectivity index (χ0n) is 26.1. The molecule has 0 spiro atoms. The maximum Gasteiger partial charge on any atom is 0.508 e. The molecule has 0 fully saturated rings. The van der Waals surface area contributed by atoms with Crippen molar-refractivity contribution in [3.63, 3.8) is 0 Å². The normalized spacial score (nSPS) is 11.4. The second kappa shape index (κ2) is 34.0. The van der Waals surface area contributed by atoms with Gasteiger partial charge in [-0.25, -0.2) is 4.79 Å². The van der Waals surface area contributed by atoms with Crippen LogP contribution in [0.4, 0.5) is 4.79 Å². The third-order valence-electron chi connectivity index (χ3n) is 7.59. The van der Waals surface area contributed by atoms with Gasteiger partial charge in [0.2, 0.25) is 0 Å². The Kier molecular flexibility index (Phi) is 33.2. The van der Waals surface area contributed by atoms with Gasteiger partial charge in [-0.15, -0.1) is 0 Å². The van der Waals surface area contributed by atoms with Gasteiger partial charge in [0, 0.05) is 0 Å². The molecular formula is C35H68O3. The molecule has 0 N–H and O–H groups in total. The molecule has 0 amide bonds. The fourth-order valence-corrected chi connectivity index (χ4v) is 5.00. The average molecular weight is 537 g/mol. The molecule has 0 bridgehead atoms. The minimum absolute atomic E-state index is 0.480. The van der Waals surface area contributed by atoms with E-state index in [1.807, 2.05) is 0 Å². The quantitative estimate of drug-likeness (QED) is 0.0502. The number of hydrogen-bond donors (Lipinski definition) is 0. The lowest BCUT2D eigenvalue weighted by Crippen LogP contribution is -2.09. The first-order valence-corrected chi connectivity index (χ1v) is 17.3. The first-order valence-electron chi connectivity index (χ1n) is 17.3. The minimum atomic E-state index is -0.480. The molecule has 0 radical (unpaired) electrons. The standard InChI is InChI=1S/C35H68O3/c1-3-5-7-9-11-13-15-17-18-19-20-21-22-24-26-28-30-32-34-38-35(36)37-33-31-29-27-25-23-16-14-12-10-8-6-4-2/h19-20H,3-18,21-34H2,1-2H3. The summed E-state index contributed by atoms with van der Waals surface area (Å²) in [6.07, 6.45) is 41.0. The average Bonchev–Trinajstić information content (AvgIpc) is 2.92. The van der Waals surface area contributed by atoms with Gasteiger partial charge >= 0.3 is 6.16 Å². The second-order valence-corrected chi connectivity index (χ2v) is 11.5. The van der Waals surface area contributed by atoms with Crippen LogP contribution in [0, 0.1) is 0 Å². The summed E-state index contributed by atoms with van der Waals surface area (Å²) in [6, 6.07) is 0. The lowest BCUT2D eigenvalue weighted by atomic mass is 10.1. The molecule has 0 aliphatic rings. The lowest BCUT2D eigenvalue weighted by Gasteiger charge is -2.06. The maximum atomic E-state index is 11.7. The van der Waals surface area contributed by atoms with E-state index in [2.05, 4.69) is 26.0 Å². The third kappa shape index (κ3) is 33.0. The van der Waals surface area contributed by atoms with E-state index in [-0.39, 0.29) is 0 Å². The fraction of sp³-hybridized carbons (Fsp3) is 0.914. The van der Waals surface area contributed by atoms with Crippen molar-refractivity contribution in [2.45, 2.75) is 194 Å². The van der Waals surface area contributed by atoms with Gasteiger partial charge in [-0.1, -0.05) is 167 Å². The Morgan fingerprint density at radius 3 is 0.974 bits per heavy atom. The Morgan fingerprint density at radius 2 is 0.658 bits per heavy atom. The number of carbonyl (C=O) groups is 1. The Bertz CT molecular complexity index is 474. The zero-order chi connectivity index (χ0) is 27.6. The number of carbonyl (C=O) groups excluding carboxylic acids is 1. The summed E-state index contributed by atoms with van der Waals surface area (Å²) in [5.41, 5.74) is 0. The highest BCUT2D eigenvalue weighted by molar-refractivity contribution is 5.59. The predicted octanol–water partition coefficient (Wildman–Crippen LogP) is 12.7. The van der Waals surface area contributed by atoms with Crippen molar-refractivity contribution in [2.75, 3.05) is 13.2 Å². The van der Waals surface area contributed by atoms with Crippen LogP contribution in [0.1, 0.15) is 194 Å². The van der Waals surface area contributed by atoms with Crippen LogP contribution in [0.3, 0.4) is 0 Å². The van der Waals surface area contributed by atoms with E-state index in [1.54, 1.807) is 0 Å². The predicted molar refractivity (Wildman–Crippen MR) is 167 cm³/mol. The lowest BCUT2D eigenvalue weighted by molar-refractivity contribution is 0.0529. The van der Waals surface area contributed by atoms with Gasteiger partial charge in [0.25, 0.3) is 0 Å². The summed E-state index contributed by atoms with van der Waals surface area (Å²) < 4.78 is 10.4. The van der Waals surface area contributed by atoms with Gasteiger partial charge < -0.3 is 9.47 Å². The number of ether oxygens (including phenoxy) is 2. The van der Waals surface area contributed by atoms with Crippen molar-refractivity contribution < 1.29 is 14.3 Å². The SMILES string of the molecule is CCCCCCCCCCC=CCCCCCCCCOC(=O)OCCCCCCCCCCCCCC. The topological polar surface area (TPSA) is 35.5 Å².